The molecular formula is C24H24ClN3O4S. The first-order valence-corrected chi connectivity index (χ1v) is 12.7. The van der Waals surface area contributed by atoms with Crippen molar-refractivity contribution in [1.29, 1.82) is 0 Å². The predicted octanol–water partition coefficient (Wildman–Crippen LogP) is 5.78. The van der Waals surface area contributed by atoms with Gasteiger partial charge in [0.2, 0.25) is 15.8 Å². The monoisotopic (exact) mass is 485 g/mol. The van der Waals surface area contributed by atoms with E-state index in [0.29, 0.717) is 52.5 Å². The summed E-state index contributed by atoms with van der Waals surface area (Å²) in [5, 5.41) is 5.37. The molecule has 2 atom stereocenters. The highest BCUT2D eigenvalue weighted by molar-refractivity contribution is 7.89. The Kier molecular flexibility index (Phi) is 5.55. The standard InChI is InChI=1S/C24H24ClN3O4S/c1-14-10-15(2)13-28(12-14)33(29,30)19-8-9-21-20(11-19)16(3)22(31-21)24-26-23(27-32-24)17-4-6-18(25)7-5-17/h4-9,11,14-15H,10,12-13H2,1-3H3/t14-,15+. The number of benzene rings is 2. The van der Waals surface area contributed by atoms with Gasteiger partial charge in [0.25, 0.3) is 5.89 Å². The Bertz CT molecular complexity index is 1420. The SMILES string of the molecule is Cc1c(-c2nc(-c3ccc(Cl)cc3)no2)oc2ccc(S(=O)(=O)N3C[C@H](C)C[C@H](C)C3)cc12. The lowest BCUT2D eigenvalue weighted by Gasteiger charge is -2.34. The number of piperidine rings is 1. The zero-order valence-corrected chi connectivity index (χ0v) is 20.2. The third kappa shape index (κ3) is 4.07. The number of hydrogen-bond donors (Lipinski definition) is 0. The summed E-state index contributed by atoms with van der Waals surface area (Å²) in [6.45, 7) is 7.12. The van der Waals surface area contributed by atoms with Gasteiger partial charge < -0.3 is 8.94 Å². The summed E-state index contributed by atoms with van der Waals surface area (Å²) in [6.07, 6.45) is 1.04. The molecule has 0 radical (unpaired) electrons. The highest BCUT2D eigenvalue weighted by Gasteiger charge is 2.32. The van der Waals surface area contributed by atoms with Gasteiger partial charge >= 0.3 is 0 Å². The van der Waals surface area contributed by atoms with E-state index in [9.17, 15) is 8.42 Å². The second-order valence-corrected chi connectivity index (χ2v) is 11.3. The minimum atomic E-state index is -3.60. The number of aromatic nitrogens is 2. The van der Waals surface area contributed by atoms with Crippen molar-refractivity contribution >= 4 is 32.6 Å². The van der Waals surface area contributed by atoms with Crippen LogP contribution in [0.1, 0.15) is 25.8 Å². The van der Waals surface area contributed by atoms with E-state index >= 15 is 0 Å². The largest absolute Gasteiger partial charge is 0.451 e. The Morgan fingerprint density at radius 3 is 2.45 bits per heavy atom. The molecule has 1 fully saturated rings. The maximum atomic E-state index is 13.3. The molecule has 0 spiro atoms. The van der Waals surface area contributed by atoms with Crippen LogP contribution in [-0.2, 0) is 10.0 Å². The highest BCUT2D eigenvalue weighted by Crippen LogP contribution is 2.35. The van der Waals surface area contributed by atoms with Crippen molar-refractivity contribution in [3.63, 3.8) is 0 Å². The van der Waals surface area contributed by atoms with Crippen molar-refractivity contribution in [2.75, 3.05) is 13.1 Å². The number of furan rings is 1. The fraction of sp³-hybridized carbons (Fsp3) is 0.333. The molecule has 0 N–H and O–H groups in total. The van der Waals surface area contributed by atoms with Crippen LogP contribution in [0, 0.1) is 18.8 Å². The van der Waals surface area contributed by atoms with Crippen LogP contribution in [0.2, 0.25) is 5.02 Å². The van der Waals surface area contributed by atoms with Gasteiger partial charge in [0.1, 0.15) is 5.58 Å². The molecule has 1 aliphatic heterocycles. The summed E-state index contributed by atoms with van der Waals surface area (Å²) >= 11 is 5.95. The molecule has 172 valence electrons. The minimum absolute atomic E-state index is 0.233. The molecule has 1 saturated heterocycles. The van der Waals surface area contributed by atoms with E-state index in [0.717, 1.165) is 17.5 Å². The number of nitrogens with zero attached hydrogens (tertiary/aromatic N) is 3. The first-order chi connectivity index (χ1) is 15.7. The van der Waals surface area contributed by atoms with Gasteiger partial charge in [-0.15, -0.1) is 0 Å². The van der Waals surface area contributed by atoms with Crippen molar-refractivity contribution < 1.29 is 17.4 Å². The van der Waals surface area contributed by atoms with Gasteiger partial charge in [0.05, 0.1) is 4.90 Å². The van der Waals surface area contributed by atoms with Crippen molar-refractivity contribution in [1.82, 2.24) is 14.4 Å². The fourth-order valence-electron chi connectivity index (χ4n) is 4.55. The van der Waals surface area contributed by atoms with Crippen LogP contribution < -0.4 is 0 Å². The molecule has 2 aromatic heterocycles. The van der Waals surface area contributed by atoms with Crippen LogP contribution in [0.5, 0.6) is 0 Å². The number of halogens is 1. The first-order valence-electron chi connectivity index (χ1n) is 10.9. The van der Waals surface area contributed by atoms with Crippen molar-refractivity contribution in [2.45, 2.75) is 32.1 Å². The maximum Gasteiger partial charge on any atom is 0.294 e. The molecule has 0 unspecified atom stereocenters. The summed E-state index contributed by atoms with van der Waals surface area (Å²) < 4.78 is 39.7. The molecule has 0 saturated carbocycles. The van der Waals surface area contributed by atoms with E-state index in [1.165, 1.54) is 0 Å². The van der Waals surface area contributed by atoms with Gasteiger partial charge in [-0.2, -0.15) is 9.29 Å². The molecule has 9 heteroatoms. The number of aryl methyl sites for hydroxylation is 1. The van der Waals surface area contributed by atoms with Crippen LogP contribution in [0.4, 0.5) is 0 Å². The van der Waals surface area contributed by atoms with Crippen molar-refractivity contribution in [3.8, 4) is 23.0 Å². The Morgan fingerprint density at radius 1 is 1.06 bits per heavy atom. The molecule has 5 rings (SSSR count). The van der Waals surface area contributed by atoms with E-state index in [-0.39, 0.29) is 10.8 Å². The second-order valence-electron chi connectivity index (χ2n) is 8.91. The minimum Gasteiger partial charge on any atom is -0.451 e. The van der Waals surface area contributed by atoms with Gasteiger partial charge in [-0.1, -0.05) is 30.6 Å². The van der Waals surface area contributed by atoms with Crippen LogP contribution in [0.3, 0.4) is 0 Å². The molecule has 0 amide bonds. The number of sulfonamides is 1. The topological polar surface area (TPSA) is 89.4 Å². The molecule has 1 aliphatic rings. The molecule has 3 heterocycles. The summed E-state index contributed by atoms with van der Waals surface area (Å²) in [6, 6.07) is 12.1. The molecular weight excluding hydrogens is 462 g/mol. The quantitative estimate of drug-likeness (QED) is 0.364. The van der Waals surface area contributed by atoms with E-state index < -0.39 is 10.0 Å². The lowest BCUT2D eigenvalue weighted by atomic mass is 9.94. The van der Waals surface area contributed by atoms with Gasteiger partial charge in [-0.25, -0.2) is 8.42 Å². The van der Waals surface area contributed by atoms with E-state index in [1.54, 1.807) is 34.6 Å². The average Bonchev–Trinajstić information content (AvgIpc) is 3.38. The van der Waals surface area contributed by atoms with E-state index in [4.69, 9.17) is 20.5 Å². The fourth-order valence-corrected chi connectivity index (χ4v) is 6.38. The van der Waals surface area contributed by atoms with Crippen LogP contribution >= 0.6 is 11.6 Å². The van der Waals surface area contributed by atoms with E-state index in [1.807, 2.05) is 19.1 Å². The zero-order valence-electron chi connectivity index (χ0n) is 18.6. The smallest absolute Gasteiger partial charge is 0.294 e. The Balaban J connectivity index is 1.50. The normalized spacial score (nSPS) is 19.9. The van der Waals surface area contributed by atoms with Crippen molar-refractivity contribution in [2.24, 2.45) is 11.8 Å². The van der Waals surface area contributed by atoms with Crippen molar-refractivity contribution in [3.05, 3.63) is 53.1 Å². The molecule has 4 aromatic rings. The Labute approximate surface area is 197 Å². The molecule has 0 bridgehead atoms. The third-order valence-corrected chi connectivity index (χ3v) is 8.18. The van der Waals surface area contributed by atoms with E-state index in [2.05, 4.69) is 24.0 Å². The Hall–Kier alpha value is -2.68. The van der Waals surface area contributed by atoms with Crippen LogP contribution in [0.25, 0.3) is 34.0 Å². The summed E-state index contributed by atoms with van der Waals surface area (Å²) in [5.41, 5.74) is 2.07. The van der Waals surface area contributed by atoms with Gasteiger partial charge in [-0.3, -0.25) is 0 Å². The highest BCUT2D eigenvalue weighted by atomic mass is 35.5. The molecule has 33 heavy (non-hydrogen) atoms. The number of fused-ring (bicyclic) bond motifs is 1. The lowest BCUT2D eigenvalue weighted by Crippen LogP contribution is -2.42. The first kappa shape index (κ1) is 22.1. The van der Waals surface area contributed by atoms with Gasteiger partial charge in [0.15, 0.2) is 5.76 Å². The molecule has 7 nitrogen and oxygen atoms in total. The third-order valence-electron chi connectivity index (χ3n) is 6.10. The Morgan fingerprint density at radius 2 is 1.76 bits per heavy atom. The molecule has 2 aromatic carbocycles. The predicted molar refractivity (Wildman–Crippen MR) is 126 cm³/mol. The average molecular weight is 486 g/mol. The summed E-state index contributed by atoms with van der Waals surface area (Å²) in [7, 11) is -3.60. The second kappa shape index (κ2) is 8.27. The lowest BCUT2D eigenvalue weighted by molar-refractivity contribution is 0.222. The zero-order chi connectivity index (χ0) is 23.3. The van der Waals surface area contributed by atoms with Gasteiger partial charge in [0, 0.05) is 34.6 Å². The van der Waals surface area contributed by atoms with Crippen LogP contribution in [0.15, 0.2) is 56.3 Å². The maximum absolute atomic E-state index is 13.3. The van der Waals surface area contributed by atoms with Crippen LogP contribution in [-0.4, -0.2) is 36.0 Å². The van der Waals surface area contributed by atoms with Gasteiger partial charge in [-0.05, 0) is 67.6 Å². The number of hydrogen-bond acceptors (Lipinski definition) is 6. The summed E-state index contributed by atoms with van der Waals surface area (Å²) in [5.74, 6) is 1.74. The molecule has 0 aliphatic carbocycles. The summed E-state index contributed by atoms with van der Waals surface area (Å²) in [4.78, 5) is 4.72. The number of rotatable bonds is 4.